The van der Waals surface area contributed by atoms with Crippen molar-refractivity contribution >= 4 is 5.97 Å². The summed E-state index contributed by atoms with van der Waals surface area (Å²) in [4.78, 5) is 12.4. The van der Waals surface area contributed by atoms with Gasteiger partial charge in [-0.05, 0) is 38.5 Å². The Bertz CT molecular complexity index is 391. The first-order chi connectivity index (χ1) is 11.8. The Hall–Kier alpha value is -0.650. The van der Waals surface area contributed by atoms with Gasteiger partial charge in [0.15, 0.2) is 6.10 Å². The lowest BCUT2D eigenvalue weighted by Gasteiger charge is -2.28. The number of hydrogen-bond acceptors (Lipinski definition) is 5. The molecule has 1 saturated carbocycles. The van der Waals surface area contributed by atoms with Crippen LogP contribution in [0.25, 0.3) is 0 Å². The van der Waals surface area contributed by atoms with Crippen molar-refractivity contribution in [1.82, 2.24) is 0 Å². The van der Waals surface area contributed by atoms with E-state index >= 15 is 0 Å². The highest BCUT2D eigenvalue weighted by atomic mass is 16.6. The van der Waals surface area contributed by atoms with Gasteiger partial charge in [0.05, 0.1) is 24.7 Å². The average Bonchev–Trinajstić information content (AvgIpc) is 3.20. The molecule has 0 aromatic heterocycles. The molecule has 2 saturated heterocycles. The van der Waals surface area contributed by atoms with Gasteiger partial charge in [0.25, 0.3) is 0 Å². The molecule has 0 spiro atoms. The summed E-state index contributed by atoms with van der Waals surface area (Å²) in [7, 11) is 0. The fraction of sp³-hybridized carbons (Fsp3) is 0.947. The van der Waals surface area contributed by atoms with Crippen molar-refractivity contribution in [2.45, 2.75) is 89.1 Å². The molecule has 0 radical (unpaired) electrons. The molecule has 2 heterocycles. The fourth-order valence-electron chi connectivity index (χ4n) is 4.02. The zero-order valence-corrected chi connectivity index (χ0v) is 14.9. The third kappa shape index (κ3) is 4.70. The van der Waals surface area contributed by atoms with Crippen LogP contribution >= 0.6 is 0 Å². The summed E-state index contributed by atoms with van der Waals surface area (Å²) in [6.45, 7) is 4.28. The van der Waals surface area contributed by atoms with Gasteiger partial charge in [0.2, 0.25) is 0 Å². The lowest BCUT2D eigenvalue weighted by Crippen LogP contribution is -2.35. The van der Waals surface area contributed by atoms with Crippen LogP contribution in [0.4, 0.5) is 0 Å². The number of hydrogen-bond donors (Lipinski definition) is 0. The van der Waals surface area contributed by atoms with Crippen molar-refractivity contribution in [3.8, 4) is 0 Å². The van der Waals surface area contributed by atoms with Gasteiger partial charge in [-0.1, -0.05) is 26.2 Å². The standard InChI is InChI=1S/C19H32O5/c1-2-3-4-5-11-21-15-8-6-14(7-9-15)19(20)24-17-13-23-16-10-12-22-18(16)17/h14-18H,2-13H2,1H3/t14?,15?,16-,17?,18+/m1/s1. The van der Waals surface area contributed by atoms with Crippen molar-refractivity contribution in [1.29, 1.82) is 0 Å². The number of ether oxygens (including phenoxy) is 4. The SMILES string of the molecule is CCCCCCOC1CCC(C(=O)OC2CO[C@@H]3CCO[C@H]23)CC1. The lowest BCUT2D eigenvalue weighted by atomic mass is 9.87. The highest BCUT2D eigenvalue weighted by Crippen LogP contribution is 2.31. The van der Waals surface area contributed by atoms with Crippen LogP contribution in [0.1, 0.15) is 64.7 Å². The number of fused-ring (bicyclic) bond motifs is 1. The van der Waals surface area contributed by atoms with E-state index in [1.54, 1.807) is 0 Å². The molecule has 3 fully saturated rings. The Balaban J connectivity index is 1.32. The predicted octanol–water partition coefficient (Wildman–Crippen LogP) is 3.24. The highest BCUT2D eigenvalue weighted by molar-refractivity contribution is 5.72. The minimum atomic E-state index is -0.211. The van der Waals surface area contributed by atoms with E-state index in [9.17, 15) is 4.79 Å². The number of carbonyl (C=O) groups excluding carboxylic acids is 1. The molecule has 0 N–H and O–H groups in total. The Labute approximate surface area is 145 Å². The van der Waals surface area contributed by atoms with Crippen LogP contribution in [0, 0.1) is 5.92 Å². The molecule has 0 amide bonds. The summed E-state index contributed by atoms with van der Waals surface area (Å²) < 4.78 is 22.9. The van der Waals surface area contributed by atoms with E-state index < -0.39 is 0 Å². The van der Waals surface area contributed by atoms with Gasteiger partial charge in [0.1, 0.15) is 6.10 Å². The number of carbonyl (C=O) groups is 1. The Morgan fingerprint density at radius 3 is 2.67 bits per heavy atom. The second-order valence-corrected chi connectivity index (χ2v) is 7.38. The van der Waals surface area contributed by atoms with E-state index in [-0.39, 0.29) is 30.2 Å². The van der Waals surface area contributed by atoms with E-state index in [1.165, 1.54) is 19.3 Å². The van der Waals surface area contributed by atoms with Crippen molar-refractivity contribution < 1.29 is 23.7 Å². The summed E-state index contributed by atoms with van der Waals surface area (Å²) in [6.07, 6.45) is 9.76. The summed E-state index contributed by atoms with van der Waals surface area (Å²) in [5, 5.41) is 0. The topological polar surface area (TPSA) is 54.0 Å². The van der Waals surface area contributed by atoms with Gasteiger partial charge in [-0.25, -0.2) is 0 Å². The van der Waals surface area contributed by atoms with Crippen molar-refractivity contribution in [3.05, 3.63) is 0 Å². The summed E-state index contributed by atoms with van der Waals surface area (Å²) in [5.74, 6) is -0.0495. The fourth-order valence-corrected chi connectivity index (χ4v) is 4.02. The van der Waals surface area contributed by atoms with Crippen LogP contribution in [0.5, 0.6) is 0 Å². The van der Waals surface area contributed by atoms with Gasteiger partial charge in [-0.15, -0.1) is 0 Å². The molecule has 0 aromatic rings. The van der Waals surface area contributed by atoms with E-state index in [1.807, 2.05) is 0 Å². The molecule has 138 valence electrons. The maximum Gasteiger partial charge on any atom is 0.309 e. The molecule has 5 heteroatoms. The largest absolute Gasteiger partial charge is 0.457 e. The molecule has 3 aliphatic rings. The molecule has 1 aliphatic carbocycles. The minimum Gasteiger partial charge on any atom is -0.457 e. The summed E-state index contributed by atoms with van der Waals surface area (Å²) >= 11 is 0. The number of rotatable bonds is 8. The molecular weight excluding hydrogens is 308 g/mol. The molecule has 2 aliphatic heterocycles. The molecule has 3 atom stereocenters. The Kier molecular flexibility index (Phi) is 6.93. The average molecular weight is 340 g/mol. The van der Waals surface area contributed by atoms with Crippen molar-refractivity contribution in [2.75, 3.05) is 19.8 Å². The first-order valence-electron chi connectivity index (χ1n) is 9.83. The third-order valence-corrected chi connectivity index (χ3v) is 5.55. The molecule has 0 bridgehead atoms. The van der Waals surface area contributed by atoms with Crippen LogP contribution in [0.3, 0.4) is 0 Å². The van der Waals surface area contributed by atoms with Gasteiger partial charge < -0.3 is 18.9 Å². The van der Waals surface area contributed by atoms with E-state index in [2.05, 4.69) is 6.92 Å². The molecule has 3 rings (SSSR count). The third-order valence-electron chi connectivity index (χ3n) is 5.55. The predicted molar refractivity (Wildman–Crippen MR) is 89.8 cm³/mol. The first kappa shape index (κ1) is 18.2. The monoisotopic (exact) mass is 340 g/mol. The van der Waals surface area contributed by atoms with Crippen LogP contribution in [-0.4, -0.2) is 50.2 Å². The lowest BCUT2D eigenvalue weighted by molar-refractivity contribution is -0.160. The van der Waals surface area contributed by atoms with Crippen molar-refractivity contribution in [3.63, 3.8) is 0 Å². The zero-order chi connectivity index (χ0) is 16.8. The second-order valence-electron chi connectivity index (χ2n) is 7.38. The maximum atomic E-state index is 12.4. The second kappa shape index (κ2) is 9.16. The quantitative estimate of drug-likeness (QED) is 0.501. The molecule has 5 nitrogen and oxygen atoms in total. The van der Waals surface area contributed by atoms with Gasteiger partial charge in [0, 0.05) is 13.2 Å². The van der Waals surface area contributed by atoms with Gasteiger partial charge >= 0.3 is 5.97 Å². The summed E-state index contributed by atoms with van der Waals surface area (Å²) in [6, 6.07) is 0. The normalized spacial score (nSPS) is 35.8. The number of unbranched alkanes of at least 4 members (excludes halogenated alkanes) is 3. The van der Waals surface area contributed by atoms with E-state index in [0.29, 0.717) is 19.3 Å². The van der Waals surface area contributed by atoms with E-state index in [0.717, 1.165) is 45.1 Å². The van der Waals surface area contributed by atoms with Crippen LogP contribution in [0.15, 0.2) is 0 Å². The van der Waals surface area contributed by atoms with Gasteiger partial charge in [-0.2, -0.15) is 0 Å². The summed E-state index contributed by atoms with van der Waals surface area (Å²) in [5.41, 5.74) is 0. The van der Waals surface area contributed by atoms with Gasteiger partial charge in [-0.3, -0.25) is 4.79 Å². The maximum absolute atomic E-state index is 12.4. The Morgan fingerprint density at radius 1 is 1.04 bits per heavy atom. The van der Waals surface area contributed by atoms with Crippen LogP contribution < -0.4 is 0 Å². The molecule has 0 aromatic carbocycles. The molecule has 1 unspecified atom stereocenters. The smallest absolute Gasteiger partial charge is 0.309 e. The van der Waals surface area contributed by atoms with Crippen LogP contribution in [-0.2, 0) is 23.7 Å². The van der Waals surface area contributed by atoms with Crippen LogP contribution in [0.2, 0.25) is 0 Å². The minimum absolute atomic E-state index is 0.0189. The first-order valence-corrected chi connectivity index (χ1v) is 9.83. The molecular formula is C19H32O5. The molecule has 24 heavy (non-hydrogen) atoms. The zero-order valence-electron chi connectivity index (χ0n) is 14.9. The van der Waals surface area contributed by atoms with E-state index in [4.69, 9.17) is 18.9 Å². The number of esters is 1. The highest BCUT2D eigenvalue weighted by Gasteiger charge is 2.44. The van der Waals surface area contributed by atoms with Crippen molar-refractivity contribution in [2.24, 2.45) is 5.92 Å². The Morgan fingerprint density at radius 2 is 1.88 bits per heavy atom.